The Balaban J connectivity index is 6.97. The normalized spacial score (nSPS) is 18.3. The highest BCUT2D eigenvalue weighted by atomic mass is 19.4. The monoisotopic (exact) mass is 846 g/mol. The highest BCUT2D eigenvalue weighted by Gasteiger charge is 2.86. The van der Waals surface area contributed by atoms with E-state index in [1.165, 1.54) is 4.74 Å². The molecule has 0 heterocycles. The third kappa shape index (κ3) is 8.89. The van der Waals surface area contributed by atoms with Crippen molar-refractivity contribution < 1.29 is 160 Å². The van der Waals surface area contributed by atoms with Crippen LogP contribution >= 0.6 is 0 Å². The topological polar surface area (TPSA) is 63.2 Å². The molecule has 0 saturated carbocycles. The molecule has 0 spiro atoms. The molecule has 0 aliphatic carbocycles. The first kappa shape index (κ1) is 48.2. The molecule has 0 amide bonds. The molecule has 2 unspecified atom stereocenters. The first-order valence-corrected chi connectivity index (χ1v) is 10.2. The van der Waals surface area contributed by atoms with Crippen molar-refractivity contribution in [3.63, 3.8) is 0 Å². The van der Waals surface area contributed by atoms with Gasteiger partial charge >= 0.3 is 91.1 Å². The lowest BCUT2D eigenvalue weighted by atomic mass is 10.2. The molecular formula is C15F30O6. The maximum atomic E-state index is 14.2. The molecule has 51 heavy (non-hydrogen) atoms. The van der Waals surface area contributed by atoms with Crippen molar-refractivity contribution >= 4 is 5.97 Å². The van der Waals surface area contributed by atoms with Crippen LogP contribution in [0.4, 0.5) is 132 Å². The fourth-order valence-corrected chi connectivity index (χ4v) is 1.95. The third-order valence-electron chi connectivity index (χ3n) is 4.37. The van der Waals surface area contributed by atoms with Gasteiger partial charge in [-0.05, 0) is 0 Å². The van der Waals surface area contributed by atoms with E-state index >= 15 is 0 Å². The molecule has 0 rings (SSSR count). The maximum Gasteiger partial charge on any atom is 0.496 e. The van der Waals surface area contributed by atoms with Crippen LogP contribution in [-0.4, -0.2) is 91.1 Å². The summed E-state index contributed by atoms with van der Waals surface area (Å²) in [5.74, 6) is -31.2. The molecule has 0 aromatic heterocycles. The van der Waals surface area contributed by atoms with Gasteiger partial charge in [-0.25, -0.2) is 14.3 Å². The van der Waals surface area contributed by atoms with E-state index in [1.54, 1.807) is 0 Å². The summed E-state index contributed by atoms with van der Waals surface area (Å²) in [6.07, 6.45) is -89.9. The Morgan fingerprint density at radius 3 is 0.922 bits per heavy atom. The minimum absolute atomic E-state index is 0.947. The second-order valence-corrected chi connectivity index (χ2v) is 8.17. The van der Waals surface area contributed by atoms with Gasteiger partial charge < -0.3 is 4.74 Å². The fraction of sp³-hybridized carbons (Fsp3) is 0.933. The standard InChI is InChI=1S/C15F30O6/c16-2(5(20,21)22,48-10(34,35)4(19,7(26,27)28)49-9(32,33)3(17,18)6(23,24)25)1(46)47-12(38,39)13(40,41)51-15(44,45)14(42,43)50-11(36,37)8(29,30)31. The minimum atomic E-state index is -8.83. The van der Waals surface area contributed by atoms with Crippen LogP contribution in [0.15, 0.2) is 0 Å². The molecule has 306 valence electrons. The molecule has 0 radical (unpaired) electrons. The summed E-state index contributed by atoms with van der Waals surface area (Å²) in [6.45, 7) is 0. The van der Waals surface area contributed by atoms with Gasteiger partial charge in [0.2, 0.25) is 0 Å². The zero-order valence-electron chi connectivity index (χ0n) is 21.3. The Morgan fingerprint density at radius 1 is 0.294 bits per heavy atom. The Hall–Kier alpha value is -2.79. The number of esters is 1. The molecule has 0 saturated heterocycles. The van der Waals surface area contributed by atoms with Crippen molar-refractivity contribution in [2.75, 3.05) is 0 Å². The van der Waals surface area contributed by atoms with Crippen LogP contribution in [0.3, 0.4) is 0 Å². The largest absolute Gasteiger partial charge is 0.496 e. The second-order valence-electron chi connectivity index (χ2n) is 8.17. The van der Waals surface area contributed by atoms with Gasteiger partial charge in [-0.3, -0.25) is 9.47 Å². The van der Waals surface area contributed by atoms with Crippen molar-refractivity contribution in [1.29, 1.82) is 0 Å². The second kappa shape index (κ2) is 12.7. The molecule has 0 aromatic carbocycles. The van der Waals surface area contributed by atoms with Gasteiger partial charge in [-0.15, -0.1) is 0 Å². The number of ether oxygens (including phenoxy) is 5. The van der Waals surface area contributed by atoms with Crippen molar-refractivity contribution in [1.82, 2.24) is 0 Å². The fourth-order valence-electron chi connectivity index (χ4n) is 1.95. The molecule has 0 aliphatic rings. The lowest BCUT2D eigenvalue weighted by Gasteiger charge is -2.40. The minimum Gasteiger partial charge on any atom is -0.390 e. The number of rotatable bonds is 14. The highest BCUT2D eigenvalue weighted by Crippen LogP contribution is 2.57. The molecule has 0 aliphatic heterocycles. The highest BCUT2D eigenvalue weighted by molar-refractivity contribution is 5.79. The van der Waals surface area contributed by atoms with Gasteiger partial charge in [-0.1, -0.05) is 0 Å². The first-order valence-electron chi connectivity index (χ1n) is 10.2. The van der Waals surface area contributed by atoms with E-state index in [-0.39, 0.29) is 0 Å². The quantitative estimate of drug-likeness (QED) is 0.129. The number of hydrogen-bond donors (Lipinski definition) is 0. The predicted octanol–water partition coefficient (Wildman–Crippen LogP) is 8.96. The van der Waals surface area contributed by atoms with Crippen molar-refractivity contribution in [3.05, 3.63) is 0 Å². The molecular weight excluding hydrogens is 846 g/mol. The van der Waals surface area contributed by atoms with E-state index in [4.69, 9.17) is 0 Å². The molecule has 0 N–H and O–H groups in total. The van der Waals surface area contributed by atoms with Gasteiger partial charge in [0.15, 0.2) is 0 Å². The van der Waals surface area contributed by atoms with Gasteiger partial charge in [0.1, 0.15) is 0 Å². The number of carbonyl (C=O) groups is 1. The summed E-state index contributed by atoms with van der Waals surface area (Å²) in [6, 6.07) is 0. The van der Waals surface area contributed by atoms with Crippen LogP contribution in [0.2, 0.25) is 0 Å². The van der Waals surface area contributed by atoms with Crippen LogP contribution in [0.25, 0.3) is 0 Å². The molecule has 0 aromatic rings. The average molecular weight is 846 g/mol. The summed E-state index contributed by atoms with van der Waals surface area (Å²) in [7, 11) is 0. The predicted molar refractivity (Wildman–Crippen MR) is 81.9 cm³/mol. The lowest BCUT2D eigenvalue weighted by molar-refractivity contribution is -0.558. The van der Waals surface area contributed by atoms with Gasteiger partial charge in [-0.2, -0.15) is 132 Å². The zero-order valence-corrected chi connectivity index (χ0v) is 21.3. The van der Waals surface area contributed by atoms with E-state index < -0.39 is 91.1 Å². The number of hydrogen-bond acceptors (Lipinski definition) is 6. The summed E-state index contributed by atoms with van der Waals surface area (Å²) in [4.78, 5) is 11.2. The first-order chi connectivity index (χ1) is 21.5. The Morgan fingerprint density at radius 2 is 0.627 bits per heavy atom. The molecule has 0 fully saturated rings. The van der Waals surface area contributed by atoms with Crippen LogP contribution in [0.5, 0.6) is 0 Å². The van der Waals surface area contributed by atoms with Crippen LogP contribution < -0.4 is 0 Å². The maximum absolute atomic E-state index is 14.2. The summed E-state index contributed by atoms with van der Waals surface area (Å²) in [5.41, 5.74) is 0. The molecule has 6 nitrogen and oxygen atoms in total. The van der Waals surface area contributed by atoms with Crippen molar-refractivity contribution in [3.8, 4) is 0 Å². The summed E-state index contributed by atoms with van der Waals surface area (Å²) >= 11 is 0. The average Bonchev–Trinajstić information content (AvgIpc) is 2.78. The van der Waals surface area contributed by atoms with E-state index in [2.05, 4.69) is 0 Å². The van der Waals surface area contributed by atoms with Crippen LogP contribution in [0.1, 0.15) is 0 Å². The Labute approximate surface area is 253 Å². The third-order valence-corrected chi connectivity index (χ3v) is 4.37. The van der Waals surface area contributed by atoms with Crippen molar-refractivity contribution in [2.24, 2.45) is 0 Å². The van der Waals surface area contributed by atoms with E-state index in [0.717, 1.165) is 18.9 Å². The van der Waals surface area contributed by atoms with E-state index in [1.807, 2.05) is 0 Å². The van der Waals surface area contributed by atoms with Crippen LogP contribution in [-0.2, 0) is 28.5 Å². The van der Waals surface area contributed by atoms with Gasteiger partial charge in [0.05, 0.1) is 0 Å². The SMILES string of the molecule is O=C(OC(F)(F)C(F)(F)OC(F)(F)C(F)(F)OC(F)(F)C(F)(F)F)C(F)(OC(F)(F)C(F)(OC(F)(F)C(F)(F)C(F)(F)F)C(F)(F)F)C(F)(F)F. The number of halogens is 30. The number of carbonyl (C=O) groups excluding carboxylic acids is 1. The molecule has 0 bridgehead atoms. The lowest BCUT2D eigenvalue weighted by Crippen LogP contribution is -2.68. The van der Waals surface area contributed by atoms with E-state index in [9.17, 15) is 137 Å². The zero-order chi connectivity index (χ0) is 42.1. The Bertz CT molecular complexity index is 1240. The van der Waals surface area contributed by atoms with Gasteiger partial charge in [0, 0.05) is 0 Å². The summed E-state index contributed by atoms with van der Waals surface area (Å²) < 4.78 is 394. The van der Waals surface area contributed by atoms with E-state index in [0.29, 0.717) is 0 Å². The summed E-state index contributed by atoms with van der Waals surface area (Å²) in [5, 5.41) is 0. The van der Waals surface area contributed by atoms with Crippen molar-refractivity contribution in [2.45, 2.75) is 85.1 Å². The molecule has 36 heteroatoms. The number of alkyl halides is 30. The van der Waals surface area contributed by atoms with Crippen LogP contribution in [0, 0.1) is 0 Å². The Kier molecular flexibility index (Phi) is 12.0. The van der Waals surface area contributed by atoms with Gasteiger partial charge in [0.25, 0.3) is 0 Å². The molecule has 2 atom stereocenters. The smallest absolute Gasteiger partial charge is 0.390 e.